The number of hydrogen-bond donors (Lipinski definition) is 3. The Morgan fingerprint density at radius 2 is 1.60 bits per heavy atom. The Labute approximate surface area is 153 Å². The summed E-state index contributed by atoms with van der Waals surface area (Å²) >= 11 is 5.20. The number of carbonyl (C=O) groups is 1. The third kappa shape index (κ3) is 6.08. The van der Waals surface area contributed by atoms with Crippen LogP contribution in [0.3, 0.4) is 0 Å². The number of aryl methyl sites for hydroxylation is 2. The quantitative estimate of drug-likeness (QED) is 0.575. The molecular formula is C19H23N3O2S. The SMILES string of the molecule is Cc1cc(C)cc(NC(=S)NNC(=O)c2ccc(OC(C)C)cc2)c1. The van der Waals surface area contributed by atoms with E-state index in [2.05, 4.69) is 22.2 Å². The zero-order chi connectivity index (χ0) is 18.4. The normalized spacial score (nSPS) is 10.3. The molecule has 0 aromatic heterocycles. The minimum Gasteiger partial charge on any atom is -0.491 e. The number of ether oxygens (including phenoxy) is 1. The highest BCUT2D eigenvalue weighted by atomic mass is 32.1. The van der Waals surface area contributed by atoms with Gasteiger partial charge in [-0.25, -0.2) is 0 Å². The lowest BCUT2D eigenvalue weighted by Crippen LogP contribution is -2.43. The van der Waals surface area contributed by atoms with Gasteiger partial charge in [-0.1, -0.05) is 6.07 Å². The Hall–Kier alpha value is -2.60. The van der Waals surface area contributed by atoms with Gasteiger partial charge in [-0.3, -0.25) is 15.6 Å². The molecule has 0 saturated carbocycles. The molecule has 0 bridgehead atoms. The number of hydrogen-bond acceptors (Lipinski definition) is 3. The van der Waals surface area contributed by atoms with Crippen molar-refractivity contribution in [3.8, 4) is 5.75 Å². The summed E-state index contributed by atoms with van der Waals surface area (Å²) in [7, 11) is 0. The van der Waals surface area contributed by atoms with Gasteiger partial charge in [0.2, 0.25) is 0 Å². The molecule has 0 atom stereocenters. The first-order chi connectivity index (χ1) is 11.8. The molecule has 5 nitrogen and oxygen atoms in total. The highest BCUT2D eigenvalue weighted by Crippen LogP contribution is 2.14. The van der Waals surface area contributed by atoms with Gasteiger partial charge in [0, 0.05) is 11.3 Å². The number of hydrazine groups is 1. The van der Waals surface area contributed by atoms with Gasteiger partial charge >= 0.3 is 0 Å². The van der Waals surface area contributed by atoms with Crippen LogP contribution in [0.2, 0.25) is 0 Å². The summed E-state index contributed by atoms with van der Waals surface area (Å²) in [6.45, 7) is 7.94. The third-order valence-corrected chi connectivity index (χ3v) is 3.46. The van der Waals surface area contributed by atoms with Crippen LogP contribution in [0.25, 0.3) is 0 Å². The van der Waals surface area contributed by atoms with E-state index in [1.54, 1.807) is 24.3 Å². The molecule has 0 radical (unpaired) electrons. The lowest BCUT2D eigenvalue weighted by Gasteiger charge is -2.13. The molecule has 1 amide bonds. The molecule has 0 unspecified atom stereocenters. The smallest absolute Gasteiger partial charge is 0.269 e. The Morgan fingerprint density at radius 1 is 1.00 bits per heavy atom. The summed E-state index contributed by atoms with van der Waals surface area (Å²) < 4.78 is 5.55. The molecule has 0 aliphatic rings. The van der Waals surface area contributed by atoms with Gasteiger partial charge in [-0.15, -0.1) is 0 Å². The molecule has 6 heteroatoms. The minimum absolute atomic E-state index is 0.0926. The van der Waals surface area contributed by atoms with Crippen molar-refractivity contribution in [1.29, 1.82) is 0 Å². The highest BCUT2D eigenvalue weighted by molar-refractivity contribution is 7.80. The minimum atomic E-state index is -0.277. The fourth-order valence-electron chi connectivity index (χ4n) is 2.35. The van der Waals surface area contributed by atoms with Crippen LogP contribution in [0.1, 0.15) is 35.3 Å². The van der Waals surface area contributed by atoms with Crippen LogP contribution >= 0.6 is 12.2 Å². The first-order valence-electron chi connectivity index (χ1n) is 8.06. The Balaban J connectivity index is 1.87. The molecule has 132 valence electrons. The topological polar surface area (TPSA) is 62.4 Å². The van der Waals surface area contributed by atoms with Gasteiger partial charge in [0.1, 0.15) is 5.75 Å². The predicted octanol–water partition coefficient (Wildman–Crippen LogP) is 3.72. The summed E-state index contributed by atoms with van der Waals surface area (Å²) in [5.74, 6) is 0.451. The molecule has 3 N–H and O–H groups in total. The second kappa shape index (κ2) is 8.48. The van der Waals surface area contributed by atoms with E-state index in [1.807, 2.05) is 39.8 Å². The predicted molar refractivity (Wildman–Crippen MR) is 105 cm³/mol. The Bertz CT molecular complexity index is 738. The average Bonchev–Trinajstić information content (AvgIpc) is 2.51. The number of rotatable bonds is 4. The lowest BCUT2D eigenvalue weighted by molar-refractivity contribution is 0.0944. The molecule has 2 rings (SSSR count). The van der Waals surface area contributed by atoms with E-state index in [4.69, 9.17) is 17.0 Å². The van der Waals surface area contributed by atoms with E-state index in [-0.39, 0.29) is 12.0 Å². The fourth-order valence-corrected chi connectivity index (χ4v) is 2.52. The van der Waals surface area contributed by atoms with Crippen LogP contribution in [0.4, 0.5) is 5.69 Å². The van der Waals surface area contributed by atoms with Crippen molar-refractivity contribution in [3.05, 3.63) is 59.2 Å². The van der Waals surface area contributed by atoms with Gasteiger partial charge < -0.3 is 10.1 Å². The number of carbonyl (C=O) groups excluding carboxylic acids is 1. The third-order valence-electron chi connectivity index (χ3n) is 3.26. The largest absolute Gasteiger partial charge is 0.491 e. The first-order valence-corrected chi connectivity index (χ1v) is 8.46. The van der Waals surface area contributed by atoms with E-state index >= 15 is 0 Å². The average molecular weight is 357 g/mol. The number of benzene rings is 2. The molecule has 2 aromatic carbocycles. The summed E-state index contributed by atoms with van der Waals surface area (Å²) in [6.07, 6.45) is 0.0926. The van der Waals surface area contributed by atoms with Gasteiger partial charge in [0.05, 0.1) is 6.10 Å². The highest BCUT2D eigenvalue weighted by Gasteiger charge is 2.07. The lowest BCUT2D eigenvalue weighted by atomic mass is 10.1. The van der Waals surface area contributed by atoms with Crippen LogP contribution in [-0.4, -0.2) is 17.1 Å². The van der Waals surface area contributed by atoms with Crippen molar-refractivity contribution in [2.75, 3.05) is 5.32 Å². The monoisotopic (exact) mass is 357 g/mol. The van der Waals surface area contributed by atoms with Crippen LogP contribution < -0.4 is 20.9 Å². The second-order valence-electron chi connectivity index (χ2n) is 6.10. The van der Waals surface area contributed by atoms with E-state index in [0.29, 0.717) is 10.7 Å². The van der Waals surface area contributed by atoms with E-state index in [1.165, 1.54) is 0 Å². The second-order valence-corrected chi connectivity index (χ2v) is 6.51. The number of amides is 1. The molecular weight excluding hydrogens is 334 g/mol. The maximum absolute atomic E-state index is 12.1. The van der Waals surface area contributed by atoms with Gasteiger partial charge in [-0.05, 0) is 87.4 Å². The summed E-state index contributed by atoms with van der Waals surface area (Å²) in [6, 6.07) is 13.0. The van der Waals surface area contributed by atoms with Crippen molar-refractivity contribution in [2.45, 2.75) is 33.8 Å². The van der Waals surface area contributed by atoms with Crippen molar-refractivity contribution >= 4 is 28.9 Å². The van der Waals surface area contributed by atoms with Gasteiger partial charge in [-0.2, -0.15) is 0 Å². The fraction of sp³-hybridized carbons (Fsp3) is 0.263. The van der Waals surface area contributed by atoms with Crippen LogP contribution in [0, 0.1) is 13.8 Å². The molecule has 0 fully saturated rings. The standard InChI is InChI=1S/C19H23N3O2S/c1-12(2)24-17-7-5-15(6-8-17)18(23)21-22-19(25)20-16-10-13(3)9-14(4)11-16/h5-12H,1-4H3,(H,21,23)(H2,20,22,25). The van der Waals surface area contributed by atoms with Crippen molar-refractivity contribution in [1.82, 2.24) is 10.9 Å². The Kier molecular flexibility index (Phi) is 6.36. The summed E-state index contributed by atoms with van der Waals surface area (Å²) in [4.78, 5) is 12.1. The van der Waals surface area contributed by atoms with Crippen LogP contribution in [0.5, 0.6) is 5.75 Å². The zero-order valence-electron chi connectivity index (χ0n) is 14.8. The molecule has 2 aromatic rings. The maximum atomic E-state index is 12.1. The van der Waals surface area contributed by atoms with Crippen LogP contribution in [-0.2, 0) is 0 Å². The van der Waals surface area contributed by atoms with Crippen LogP contribution in [0.15, 0.2) is 42.5 Å². The molecule has 0 aliphatic heterocycles. The van der Waals surface area contributed by atoms with E-state index in [9.17, 15) is 4.79 Å². The molecule has 0 aliphatic carbocycles. The molecule has 0 spiro atoms. The van der Waals surface area contributed by atoms with E-state index in [0.717, 1.165) is 22.6 Å². The van der Waals surface area contributed by atoms with Crippen molar-refractivity contribution in [2.24, 2.45) is 0 Å². The maximum Gasteiger partial charge on any atom is 0.269 e. The number of thiocarbonyl (C=S) groups is 1. The number of nitrogens with one attached hydrogen (secondary N) is 3. The number of anilines is 1. The van der Waals surface area contributed by atoms with Gasteiger partial charge in [0.25, 0.3) is 5.91 Å². The van der Waals surface area contributed by atoms with Crippen molar-refractivity contribution in [3.63, 3.8) is 0 Å². The zero-order valence-corrected chi connectivity index (χ0v) is 15.7. The van der Waals surface area contributed by atoms with Gasteiger partial charge in [0.15, 0.2) is 5.11 Å². The molecule has 0 saturated heterocycles. The summed E-state index contributed by atoms with van der Waals surface area (Å²) in [5, 5.41) is 3.36. The molecule has 25 heavy (non-hydrogen) atoms. The first kappa shape index (κ1) is 18.7. The Morgan fingerprint density at radius 3 is 2.16 bits per heavy atom. The van der Waals surface area contributed by atoms with E-state index < -0.39 is 0 Å². The van der Waals surface area contributed by atoms with Crippen molar-refractivity contribution < 1.29 is 9.53 Å². The summed E-state index contributed by atoms with van der Waals surface area (Å²) in [5.41, 5.74) is 8.94. The molecule has 0 heterocycles.